The molecule has 0 radical (unpaired) electrons. The third-order valence-corrected chi connectivity index (χ3v) is 5.35. The number of nitrogens with zero attached hydrogens (tertiary/aromatic N) is 2. The summed E-state index contributed by atoms with van der Waals surface area (Å²) in [4.78, 5) is 10.2. The van der Waals surface area contributed by atoms with Gasteiger partial charge >= 0.3 is 0 Å². The maximum absolute atomic E-state index is 5.79. The van der Waals surface area contributed by atoms with E-state index in [2.05, 4.69) is 15.6 Å². The fourth-order valence-corrected chi connectivity index (χ4v) is 3.47. The highest BCUT2D eigenvalue weighted by molar-refractivity contribution is 14.0. The Labute approximate surface area is 204 Å². The van der Waals surface area contributed by atoms with Crippen molar-refractivity contribution in [3.05, 3.63) is 34.3 Å². The molecule has 1 aromatic heterocycles. The minimum Gasteiger partial charge on any atom is -0.490 e. The van der Waals surface area contributed by atoms with E-state index in [1.807, 2.05) is 30.6 Å². The number of thiazole rings is 1. The zero-order chi connectivity index (χ0) is 21.0. The van der Waals surface area contributed by atoms with E-state index in [4.69, 9.17) is 23.9 Å². The average molecular weight is 562 g/mol. The first-order valence-electron chi connectivity index (χ1n) is 10.2. The van der Waals surface area contributed by atoms with Crippen molar-refractivity contribution in [1.29, 1.82) is 0 Å². The largest absolute Gasteiger partial charge is 0.490 e. The van der Waals surface area contributed by atoms with Gasteiger partial charge in [0.05, 0.1) is 44.2 Å². The molecular weight excluding hydrogens is 531 g/mol. The predicted octanol–water partition coefficient (Wildman–Crippen LogP) is 3.84. The van der Waals surface area contributed by atoms with Gasteiger partial charge in [-0.05, 0) is 25.5 Å². The molecule has 1 aromatic carbocycles. The Hall–Kier alpha value is -1.63. The van der Waals surface area contributed by atoms with Crippen molar-refractivity contribution in [1.82, 2.24) is 10.3 Å². The molecule has 2 aromatic rings. The molecule has 0 spiro atoms. The van der Waals surface area contributed by atoms with Crippen molar-refractivity contribution in [2.75, 3.05) is 52.0 Å². The summed E-state index contributed by atoms with van der Waals surface area (Å²) in [5.41, 5.74) is 3.76. The van der Waals surface area contributed by atoms with Crippen molar-refractivity contribution >= 4 is 47.0 Å². The fourth-order valence-electron chi connectivity index (χ4n) is 2.77. The number of aliphatic imine (C=N–C) groups is 1. The molecule has 1 aliphatic heterocycles. The Bertz CT molecular complexity index is 818. The van der Waals surface area contributed by atoms with Crippen LogP contribution in [0.5, 0.6) is 11.5 Å². The van der Waals surface area contributed by atoms with Crippen LogP contribution in [0.15, 0.2) is 28.7 Å². The van der Waals surface area contributed by atoms with E-state index < -0.39 is 0 Å². The van der Waals surface area contributed by atoms with Crippen LogP contribution in [-0.2, 0) is 16.0 Å². The molecule has 0 saturated carbocycles. The number of fused-ring (bicyclic) bond motifs is 1. The van der Waals surface area contributed by atoms with Gasteiger partial charge in [-0.1, -0.05) is 0 Å². The summed E-state index contributed by atoms with van der Waals surface area (Å²) in [6, 6.07) is 5.85. The number of guanidine groups is 1. The Kier molecular flexibility index (Phi) is 11.9. The molecule has 0 unspecified atom stereocenters. The van der Waals surface area contributed by atoms with Crippen LogP contribution in [0, 0.1) is 6.92 Å². The molecule has 2 heterocycles. The fraction of sp³-hybridized carbons (Fsp3) is 0.524. The van der Waals surface area contributed by atoms with Crippen LogP contribution in [0.25, 0.3) is 0 Å². The van der Waals surface area contributed by atoms with Crippen LogP contribution >= 0.6 is 35.3 Å². The Morgan fingerprint density at radius 2 is 2.03 bits per heavy atom. The predicted molar refractivity (Wildman–Crippen MR) is 134 cm³/mol. The summed E-state index contributed by atoms with van der Waals surface area (Å²) in [7, 11) is 1.67. The Balaban J connectivity index is 0.00000341. The van der Waals surface area contributed by atoms with Gasteiger partial charge < -0.3 is 29.6 Å². The first-order valence-corrected chi connectivity index (χ1v) is 11.0. The number of nitrogens with one attached hydrogen (secondary N) is 2. The highest BCUT2D eigenvalue weighted by Gasteiger charge is 2.11. The van der Waals surface area contributed by atoms with Gasteiger partial charge in [-0.15, -0.1) is 35.3 Å². The lowest BCUT2D eigenvalue weighted by atomic mass is 10.2. The number of halogens is 1. The monoisotopic (exact) mass is 562 g/mol. The van der Waals surface area contributed by atoms with Crippen molar-refractivity contribution in [2.24, 2.45) is 4.99 Å². The van der Waals surface area contributed by atoms with Crippen LogP contribution in [0.4, 0.5) is 5.69 Å². The van der Waals surface area contributed by atoms with Gasteiger partial charge in [0.15, 0.2) is 17.5 Å². The first-order chi connectivity index (χ1) is 14.8. The lowest BCUT2D eigenvalue weighted by molar-refractivity contribution is 0.0699. The Morgan fingerprint density at radius 3 is 2.81 bits per heavy atom. The van der Waals surface area contributed by atoms with Crippen LogP contribution in [0.1, 0.15) is 23.4 Å². The topological polar surface area (TPSA) is 86.2 Å². The van der Waals surface area contributed by atoms with Crippen molar-refractivity contribution in [3.63, 3.8) is 0 Å². The number of aryl methyl sites for hydroxylation is 1. The minimum atomic E-state index is 0. The second-order valence-electron chi connectivity index (χ2n) is 6.75. The maximum atomic E-state index is 5.79. The zero-order valence-corrected chi connectivity index (χ0v) is 21.2. The highest BCUT2D eigenvalue weighted by Crippen LogP contribution is 2.32. The molecule has 8 nitrogen and oxygen atoms in total. The number of rotatable bonds is 10. The van der Waals surface area contributed by atoms with Crippen LogP contribution < -0.4 is 20.1 Å². The van der Waals surface area contributed by atoms with Gasteiger partial charge in [-0.3, -0.25) is 0 Å². The Morgan fingerprint density at radius 1 is 1.19 bits per heavy atom. The molecule has 172 valence electrons. The molecule has 3 rings (SSSR count). The molecular formula is C21H31IN4O4S. The smallest absolute Gasteiger partial charge is 0.196 e. The summed E-state index contributed by atoms with van der Waals surface area (Å²) >= 11 is 1.62. The van der Waals surface area contributed by atoms with Crippen molar-refractivity contribution in [2.45, 2.75) is 26.3 Å². The summed E-state index contributed by atoms with van der Waals surface area (Å²) < 4.78 is 22.0. The maximum Gasteiger partial charge on any atom is 0.196 e. The third-order valence-electron chi connectivity index (χ3n) is 4.43. The van der Waals surface area contributed by atoms with E-state index >= 15 is 0 Å². The normalized spacial score (nSPS) is 13.3. The van der Waals surface area contributed by atoms with E-state index in [1.165, 1.54) is 0 Å². The minimum absolute atomic E-state index is 0. The molecule has 0 fully saturated rings. The molecule has 31 heavy (non-hydrogen) atoms. The van der Waals surface area contributed by atoms with E-state index in [1.54, 1.807) is 18.4 Å². The zero-order valence-electron chi connectivity index (χ0n) is 18.0. The molecule has 0 bridgehead atoms. The lowest BCUT2D eigenvalue weighted by Gasteiger charge is -2.14. The van der Waals surface area contributed by atoms with E-state index in [0.717, 1.165) is 47.1 Å². The van der Waals surface area contributed by atoms with Gasteiger partial charge in [-0.25, -0.2) is 9.98 Å². The number of benzene rings is 1. The number of aromatic nitrogens is 1. The van der Waals surface area contributed by atoms with Crippen molar-refractivity contribution < 1.29 is 18.9 Å². The molecule has 2 N–H and O–H groups in total. The van der Waals surface area contributed by atoms with Crippen molar-refractivity contribution in [3.8, 4) is 11.5 Å². The summed E-state index contributed by atoms with van der Waals surface area (Å²) in [5.74, 6) is 2.23. The van der Waals surface area contributed by atoms with Crippen LogP contribution in [-0.4, -0.2) is 57.6 Å². The number of methoxy groups -OCH3 is 1. The SMILES string of the molecule is COCCOCCCNC(=NCc1scnc1C)Nc1ccc2c(c1)OCCCO2.I. The number of hydrogen-bond donors (Lipinski definition) is 2. The second-order valence-corrected chi connectivity index (χ2v) is 7.69. The van der Waals surface area contributed by atoms with Crippen LogP contribution in [0.3, 0.4) is 0 Å². The number of anilines is 1. The molecule has 0 aliphatic carbocycles. The van der Waals surface area contributed by atoms with Gasteiger partial charge in [0.2, 0.25) is 0 Å². The summed E-state index contributed by atoms with van der Waals surface area (Å²) in [6.07, 6.45) is 1.75. The summed E-state index contributed by atoms with van der Waals surface area (Å²) in [6.45, 7) is 6.53. The molecule has 0 amide bonds. The number of ether oxygens (including phenoxy) is 4. The third kappa shape index (κ3) is 8.79. The standard InChI is InChI=1S/C21H30N4O4S.HI/c1-16-20(30-15-24-16)14-23-21(22-7-3-8-27-12-11-26-2)25-17-5-6-18-19(13-17)29-10-4-9-28-18;/h5-6,13,15H,3-4,7-12,14H2,1-2H3,(H2,22,23,25);1H. The molecule has 0 saturated heterocycles. The van der Waals surface area contributed by atoms with Gasteiger partial charge in [0.25, 0.3) is 0 Å². The van der Waals surface area contributed by atoms with E-state index in [0.29, 0.717) is 45.5 Å². The molecule has 1 aliphatic rings. The molecule has 10 heteroatoms. The van der Waals surface area contributed by atoms with Gasteiger partial charge in [-0.2, -0.15) is 0 Å². The number of hydrogen-bond acceptors (Lipinski definition) is 7. The first kappa shape index (κ1) is 25.6. The molecule has 0 atom stereocenters. The average Bonchev–Trinajstić information content (AvgIpc) is 3.02. The lowest BCUT2D eigenvalue weighted by Crippen LogP contribution is -2.32. The quantitative estimate of drug-likeness (QED) is 0.197. The summed E-state index contributed by atoms with van der Waals surface area (Å²) in [5, 5.41) is 6.74. The van der Waals surface area contributed by atoms with Gasteiger partial charge in [0.1, 0.15) is 0 Å². The second kappa shape index (κ2) is 14.4. The highest BCUT2D eigenvalue weighted by atomic mass is 127. The van der Waals surface area contributed by atoms with Gasteiger partial charge in [0, 0.05) is 43.3 Å². The van der Waals surface area contributed by atoms with E-state index in [-0.39, 0.29) is 24.0 Å². The van der Waals surface area contributed by atoms with E-state index in [9.17, 15) is 0 Å². The van der Waals surface area contributed by atoms with Crippen LogP contribution in [0.2, 0.25) is 0 Å².